The molecule has 0 unspecified atom stereocenters. The van der Waals surface area contributed by atoms with E-state index in [9.17, 15) is 9.59 Å². The average Bonchev–Trinajstić information content (AvgIpc) is 3.55. The lowest BCUT2D eigenvalue weighted by Crippen LogP contribution is -2.10. The fourth-order valence-corrected chi connectivity index (χ4v) is 4.71. The molecule has 0 aliphatic heterocycles. The SMILES string of the molecule is CCCCCCCCCCCCCCCCCC(=O)CC(=O)OCC.c1ccc(COc2cc3cc-3c2)cc1. The van der Waals surface area contributed by atoms with Crippen molar-refractivity contribution in [3.8, 4) is 16.9 Å². The molecule has 0 aromatic heterocycles. The summed E-state index contributed by atoms with van der Waals surface area (Å²) >= 11 is 0. The van der Waals surface area contributed by atoms with Gasteiger partial charge in [-0.2, -0.15) is 0 Å². The molecule has 39 heavy (non-hydrogen) atoms. The summed E-state index contributed by atoms with van der Waals surface area (Å²) in [5.41, 5.74) is 3.86. The third-order valence-electron chi connectivity index (χ3n) is 7.11. The van der Waals surface area contributed by atoms with E-state index in [0.29, 0.717) is 19.6 Å². The van der Waals surface area contributed by atoms with Crippen molar-refractivity contribution < 1.29 is 19.1 Å². The van der Waals surface area contributed by atoms with Gasteiger partial charge in [0.15, 0.2) is 0 Å². The predicted molar refractivity (Wildman–Crippen MR) is 162 cm³/mol. The Hall–Kier alpha value is -2.62. The lowest BCUT2D eigenvalue weighted by Gasteiger charge is -2.04. The topological polar surface area (TPSA) is 52.6 Å². The summed E-state index contributed by atoms with van der Waals surface area (Å²) in [5.74, 6) is 0.628. The van der Waals surface area contributed by atoms with Gasteiger partial charge in [-0.25, -0.2) is 0 Å². The molecule has 4 heteroatoms. The standard InChI is InChI=1S/C22H42O3.C13H10O/c1-3-5-6-7-8-9-10-11-12-13-14-15-16-17-18-19-21(23)20-22(24)25-4-2;1-2-4-10(5-3-1)9-14-13-7-11-6-12(11)8-13/h3-20H2,1-2H3;1-8H,9H2. The van der Waals surface area contributed by atoms with E-state index in [1.54, 1.807) is 6.92 Å². The summed E-state index contributed by atoms with van der Waals surface area (Å²) in [7, 11) is 0. The minimum Gasteiger partial charge on any atom is -0.489 e. The Bertz CT molecular complexity index is 899. The molecule has 0 saturated carbocycles. The van der Waals surface area contributed by atoms with Crippen LogP contribution >= 0.6 is 0 Å². The van der Waals surface area contributed by atoms with Gasteiger partial charge < -0.3 is 9.47 Å². The van der Waals surface area contributed by atoms with Gasteiger partial charge in [-0.05, 0) is 48.2 Å². The first-order valence-electron chi connectivity index (χ1n) is 15.6. The molecule has 1 aromatic carbocycles. The van der Waals surface area contributed by atoms with Crippen molar-refractivity contribution in [2.45, 2.75) is 130 Å². The lowest BCUT2D eigenvalue weighted by atomic mass is 10.0. The maximum absolute atomic E-state index is 11.6. The monoisotopic (exact) mass is 536 g/mol. The Balaban J connectivity index is 0.000000314. The van der Waals surface area contributed by atoms with Crippen molar-refractivity contribution in [1.82, 2.24) is 0 Å². The molecule has 4 nitrogen and oxygen atoms in total. The molecule has 2 aliphatic carbocycles. The zero-order chi connectivity index (χ0) is 28.0. The molecule has 3 rings (SSSR count). The van der Waals surface area contributed by atoms with Crippen molar-refractivity contribution in [1.29, 1.82) is 0 Å². The van der Waals surface area contributed by atoms with Crippen LogP contribution in [-0.4, -0.2) is 18.4 Å². The number of esters is 1. The summed E-state index contributed by atoms with van der Waals surface area (Å²) in [6, 6.07) is 16.5. The molecular formula is C35H52O4. The number of Topliss-reactive ketones (excluding diaryl/α,β-unsaturated/α-hetero) is 1. The number of fused-ring (bicyclic) bond motifs is 1. The Morgan fingerprint density at radius 2 is 1.15 bits per heavy atom. The van der Waals surface area contributed by atoms with Gasteiger partial charge in [0, 0.05) is 6.42 Å². The van der Waals surface area contributed by atoms with Crippen LogP contribution in [0.2, 0.25) is 0 Å². The van der Waals surface area contributed by atoms with Crippen LogP contribution in [0.3, 0.4) is 0 Å². The quantitative estimate of drug-likeness (QED) is 0.0728. The number of hydrogen-bond acceptors (Lipinski definition) is 4. The van der Waals surface area contributed by atoms with E-state index in [2.05, 4.69) is 37.3 Å². The van der Waals surface area contributed by atoms with Crippen molar-refractivity contribution in [3.05, 3.63) is 54.1 Å². The second-order valence-corrected chi connectivity index (χ2v) is 10.7. The molecule has 0 saturated heterocycles. The molecule has 0 bridgehead atoms. The molecule has 0 fully saturated rings. The van der Waals surface area contributed by atoms with Gasteiger partial charge in [-0.15, -0.1) is 0 Å². The molecule has 0 radical (unpaired) electrons. The minimum atomic E-state index is -0.381. The Kier molecular flexibility index (Phi) is 17.7. The zero-order valence-electron chi connectivity index (χ0n) is 24.7. The highest BCUT2D eigenvalue weighted by Crippen LogP contribution is 2.39. The van der Waals surface area contributed by atoms with E-state index < -0.39 is 0 Å². The van der Waals surface area contributed by atoms with Crippen LogP contribution < -0.4 is 4.74 Å². The zero-order valence-corrected chi connectivity index (χ0v) is 24.7. The molecule has 0 atom stereocenters. The number of benzene rings is 2. The third kappa shape index (κ3) is 16.8. The molecule has 0 amide bonds. The third-order valence-corrected chi connectivity index (χ3v) is 7.11. The number of rotatable bonds is 22. The van der Waals surface area contributed by atoms with E-state index in [0.717, 1.165) is 18.6 Å². The fraction of sp³-hybridized carbons (Fsp3) is 0.600. The van der Waals surface area contributed by atoms with Crippen molar-refractivity contribution in [2.75, 3.05) is 6.61 Å². The highest BCUT2D eigenvalue weighted by molar-refractivity contribution is 5.95. The van der Waals surface area contributed by atoms with Gasteiger partial charge >= 0.3 is 5.97 Å². The van der Waals surface area contributed by atoms with E-state index in [-0.39, 0.29) is 18.2 Å². The van der Waals surface area contributed by atoms with E-state index in [1.807, 2.05) is 18.2 Å². The van der Waals surface area contributed by atoms with E-state index in [4.69, 9.17) is 9.47 Å². The summed E-state index contributed by atoms with van der Waals surface area (Å²) < 4.78 is 10.4. The fourth-order valence-electron chi connectivity index (χ4n) is 4.71. The first kappa shape index (κ1) is 32.6. The Labute approximate surface area is 237 Å². The van der Waals surface area contributed by atoms with Crippen molar-refractivity contribution >= 4 is 11.8 Å². The molecule has 0 heterocycles. The Morgan fingerprint density at radius 3 is 1.67 bits per heavy atom. The summed E-state index contributed by atoms with van der Waals surface area (Å²) in [6.07, 6.45) is 20.3. The van der Waals surface area contributed by atoms with Gasteiger partial charge in [0.25, 0.3) is 0 Å². The van der Waals surface area contributed by atoms with Gasteiger partial charge in [0.2, 0.25) is 0 Å². The predicted octanol–water partition coefficient (Wildman–Crippen LogP) is 10.0. The first-order valence-corrected chi connectivity index (χ1v) is 15.6. The van der Waals surface area contributed by atoms with Gasteiger partial charge in [-0.3, -0.25) is 9.59 Å². The number of ether oxygens (including phenoxy) is 2. The second-order valence-electron chi connectivity index (χ2n) is 10.7. The van der Waals surface area contributed by atoms with Gasteiger partial charge in [0.05, 0.1) is 6.61 Å². The molecule has 0 spiro atoms. The average molecular weight is 537 g/mol. The number of carbonyl (C=O) groups excluding carboxylic acids is 2. The first-order chi connectivity index (χ1) is 19.1. The molecule has 0 N–H and O–H groups in total. The number of unbranched alkanes of at least 4 members (excludes halogenated alkanes) is 14. The van der Waals surface area contributed by atoms with Crippen LogP contribution in [0.25, 0.3) is 11.1 Å². The number of hydrogen-bond donors (Lipinski definition) is 0. The smallest absolute Gasteiger partial charge is 0.313 e. The van der Waals surface area contributed by atoms with Gasteiger partial charge in [-0.1, -0.05) is 127 Å². The number of carbonyl (C=O) groups is 2. The molecule has 2 aliphatic rings. The van der Waals surface area contributed by atoms with Crippen LogP contribution in [0.15, 0.2) is 48.5 Å². The minimum absolute atomic E-state index is 0.0214. The normalized spacial score (nSPS) is 10.9. The summed E-state index contributed by atoms with van der Waals surface area (Å²) in [4.78, 5) is 22.7. The van der Waals surface area contributed by atoms with Crippen LogP contribution in [-0.2, 0) is 20.9 Å². The summed E-state index contributed by atoms with van der Waals surface area (Å²) in [6.45, 7) is 5.04. The highest BCUT2D eigenvalue weighted by atomic mass is 16.5. The van der Waals surface area contributed by atoms with Crippen LogP contribution in [0.1, 0.15) is 129 Å². The number of ketones is 1. The van der Waals surface area contributed by atoms with E-state index in [1.165, 1.54) is 100 Å². The van der Waals surface area contributed by atoms with Crippen LogP contribution in [0.5, 0.6) is 5.75 Å². The maximum Gasteiger partial charge on any atom is 0.313 e. The lowest BCUT2D eigenvalue weighted by molar-refractivity contribution is -0.145. The largest absolute Gasteiger partial charge is 0.489 e. The Morgan fingerprint density at radius 1 is 0.641 bits per heavy atom. The van der Waals surface area contributed by atoms with Gasteiger partial charge in [0.1, 0.15) is 24.6 Å². The van der Waals surface area contributed by atoms with Crippen LogP contribution in [0.4, 0.5) is 0 Å². The van der Waals surface area contributed by atoms with Crippen LogP contribution in [0, 0.1) is 0 Å². The molecule has 1 aromatic rings. The maximum atomic E-state index is 11.6. The van der Waals surface area contributed by atoms with E-state index >= 15 is 0 Å². The highest BCUT2D eigenvalue weighted by Gasteiger charge is 2.14. The molecular weight excluding hydrogens is 484 g/mol. The molecule has 216 valence electrons. The summed E-state index contributed by atoms with van der Waals surface area (Å²) in [5, 5.41) is 0. The van der Waals surface area contributed by atoms with Crippen molar-refractivity contribution in [3.63, 3.8) is 0 Å². The second kappa shape index (κ2) is 21.2. The van der Waals surface area contributed by atoms with Crippen molar-refractivity contribution in [2.24, 2.45) is 0 Å².